The van der Waals surface area contributed by atoms with Crippen LogP contribution in [0.5, 0.6) is 0 Å². The van der Waals surface area contributed by atoms with Crippen LogP contribution in [0.2, 0.25) is 0 Å². The Morgan fingerprint density at radius 3 is 2.43 bits per heavy atom. The summed E-state index contributed by atoms with van der Waals surface area (Å²) in [5.74, 6) is -0.00683. The van der Waals surface area contributed by atoms with E-state index in [9.17, 15) is 9.00 Å². The van der Waals surface area contributed by atoms with Gasteiger partial charge in [0.2, 0.25) is 0 Å². The average molecular weight is 418 g/mol. The number of nitrogens with zero attached hydrogens (tertiary/aromatic N) is 1. The second kappa shape index (κ2) is 9.52. The van der Waals surface area contributed by atoms with Gasteiger partial charge >= 0.3 is 5.97 Å². The summed E-state index contributed by atoms with van der Waals surface area (Å²) < 4.78 is 21.1. The SMILES string of the molecule is COC(=O)c1ccccc1Sc1ccc(C(C)C)cc1/C=N/S(=O)C(C)(C)C. The molecule has 1 unspecified atom stereocenters. The molecular formula is C22H27NO3S2. The van der Waals surface area contributed by atoms with E-state index >= 15 is 0 Å². The van der Waals surface area contributed by atoms with Gasteiger partial charge in [-0.2, -0.15) is 4.40 Å². The van der Waals surface area contributed by atoms with E-state index in [1.54, 1.807) is 12.3 Å². The maximum Gasteiger partial charge on any atom is 0.339 e. The van der Waals surface area contributed by atoms with Gasteiger partial charge in [-0.15, -0.1) is 0 Å². The molecule has 0 heterocycles. The van der Waals surface area contributed by atoms with E-state index in [0.29, 0.717) is 11.5 Å². The third-order valence-corrected chi connectivity index (χ3v) is 6.54. The normalized spacial score (nSPS) is 13.1. The van der Waals surface area contributed by atoms with Crippen molar-refractivity contribution in [3.05, 3.63) is 59.2 Å². The molecule has 0 amide bonds. The number of methoxy groups -OCH3 is 1. The Bertz CT molecular complexity index is 899. The van der Waals surface area contributed by atoms with Crippen molar-refractivity contribution in [2.24, 2.45) is 4.40 Å². The molecule has 0 aliphatic heterocycles. The van der Waals surface area contributed by atoms with Crippen LogP contribution in [0.15, 0.2) is 56.7 Å². The Kier molecular flexibility index (Phi) is 7.61. The number of rotatable bonds is 6. The van der Waals surface area contributed by atoms with Crippen molar-refractivity contribution in [1.29, 1.82) is 0 Å². The van der Waals surface area contributed by atoms with Crippen LogP contribution in [0, 0.1) is 0 Å². The van der Waals surface area contributed by atoms with Gasteiger partial charge < -0.3 is 4.74 Å². The summed E-state index contributed by atoms with van der Waals surface area (Å²) >= 11 is 1.47. The highest BCUT2D eigenvalue weighted by atomic mass is 32.2. The zero-order valence-electron chi connectivity index (χ0n) is 17.2. The number of benzene rings is 2. The third-order valence-electron chi connectivity index (χ3n) is 4.02. The number of carbonyl (C=O) groups excluding carboxylic acids is 1. The molecule has 0 aliphatic carbocycles. The second-order valence-corrected chi connectivity index (χ2v) is 10.7. The Morgan fingerprint density at radius 2 is 1.82 bits per heavy atom. The number of carbonyl (C=O) groups is 1. The van der Waals surface area contributed by atoms with Crippen molar-refractivity contribution in [3.63, 3.8) is 0 Å². The first-order valence-electron chi connectivity index (χ1n) is 9.08. The predicted molar refractivity (Wildman–Crippen MR) is 118 cm³/mol. The van der Waals surface area contributed by atoms with Crippen LogP contribution in [0.25, 0.3) is 0 Å². The molecule has 0 aliphatic rings. The molecule has 0 spiro atoms. The Hall–Kier alpha value is -1.92. The van der Waals surface area contributed by atoms with Crippen LogP contribution in [0.1, 0.15) is 62.0 Å². The summed E-state index contributed by atoms with van der Waals surface area (Å²) in [7, 11) is 0.0392. The van der Waals surface area contributed by atoms with Crippen LogP contribution >= 0.6 is 11.8 Å². The first-order chi connectivity index (χ1) is 13.1. The molecule has 0 fully saturated rings. The maximum absolute atomic E-state index is 12.4. The fraction of sp³-hybridized carbons (Fsp3) is 0.364. The summed E-state index contributed by atoms with van der Waals surface area (Å²) in [6.07, 6.45) is 1.68. The van der Waals surface area contributed by atoms with Gasteiger partial charge in [-0.05, 0) is 56.5 Å². The van der Waals surface area contributed by atoms with Gasteiger partial charge in [0, 0.05) is 21.6 Å². The van der Waals surface area contributed by atoms with Gasteiger partial charge in [-0.3, -0.25) is 0 Å². The zero-order valence-corrected chi connectivity index (χ0v) is 18.8. The van der Waals surface area contributed by atoms with E-state index < -0.39 is 15.7 Å². The highest BCUT2D eigenvalue weighted by Gasteiger charge is 2.19. The lowest BCUT2D eigenvalue weighted by atomic mass is 10.0. The number of ether oxygens (including phenoxy) is 1. The van der Waals surface area contributed by atoms with E-state index in [1.165, 1.54) is 24.4 Å². The summed E-state index contributed by atoms with van der Waals surface area (Å²) in [6.45, 7) is 9.94. The Morgan fingerprint density at radius 1 is 1.14 bits per heavy atom. The minimum atomic E-state index is -1.34. The third kappa shape index (κ3) is 5.79. The van der Waals surface area contributed by atoms with Gasteiger partial charge in [0.05, 0.1) is 17.4 Å². The zero-order chi connectivity index (χ0) is 20.9. The lowest BCUT2D eigenvalue weighted by Crippen LogP contribution is -2.19. The van der Waals surface area contributed by atoms with Crippen LogP contribution in [0.3, 0.4) is 0 Å². The van der Waals surface area contributed by atoms with Gasteiger partial charge in [-0.1, -0.05) is 43.8 Å². The van der Waals surface area contributed by atoms with Crippen molar-refractivity contribution < 1.29 is 13.7 Å². The standard InChI is InChI=1S/C22H27NO3S2/c1-15(2)16-11-12-19(17(13-16)14-23-28(25)22(3,4)5)27-20-10-8-7-9-18(20)21(24)26-6/h7-15H,1-6H3/b23-14+. The quantitative estimate of drug-likeness (QED) is 0.451. The topological polar surface area (TPSA) is 55.7 Å². The second-order valence-electron chi connectivity index (χ2n) is 7.64. The van der Waals surface area contributed by atoms with E-state index in [0.717, 1.165) is 15.4 Å². The molecule has 2 rings (SSSR count). The van der Waals surface area contributed by atoms with Crippen LogP contribution in [-0.2, 0) is 15.7 Å². The molecule has 0 bridgehead atoms. The molecule has 28 heavy (non-hydrogen) atoms. The molecular weight excluding hydrogens is 390 g/mol. The van der Waals surface area contributed by atoms with Crippen molar-refractivity contribution in [3.8, 4) is 0 Å². The van der Waals surface area contributed by atoms with Gasteiger partial charge in [0.25, 0.3) is 0 Å². The van der Waals surface area contributed by atoms with Crippen molar-refractivity contribution >= 4 is 34.9 Å². The molecule has 150 valence electrons. The molecule has 0 N–H and O–H groups in total. The minimum absolute atomic E-state index is 0.363. The summed E-state index contributed by atoms with van der Waals surface area (Å²) in [5.41, 5.74) is 2.58. The van der Waals surface area contributed by atoms with Gasteiger partial charge in [-0.25, -0.2) is 9.00 Å². The lowest BCUT2D eigenvalue weighted by molar-refractivity contribution is 0.0597. The smallest absolute Gasteiger partial charge is 0.339 e. The molecule has 0 saturated carbocycles. The highest BCUT2D eigenvalue weighted by Crippen LogP contribution is 2.34. The molecule has 6 heteroatoms. The molecule has 0 radical (unpaired) electrons. The summed E-state index contributed by atoms with van der Waals surface area (Å²) in [4.78, 5) is 13.8. The largest absolute Gasteiger partial charge is 0.465 e. The van der Waals surface area contributed by atoms with Crippen molar-refractivity contribution in [2.45, 2.75) is 55.1 Å². The first-order valence-corrected chi connectivity index (χ1v) is 11.0. The van der Waals surface area contributed by atoms with Gasteiger partial charge in [0.1, 0.15) is 11.0 Å². The molecule has 4 nitrogen and oxygen atoms in total. The number of hydrogen-bond donors (Lipinski definition) is 0. The minimum Gasteiger partial charge on any atom is -0.465 e. The van der Waals surface area contributed by atoms with Crippen LogP contribution in [-0.4, -0.2) is 28.2 Å². The van der Waals surface area contributed by atoms with E-state index in [-0.39, 0.29) is 5.97 Å². The van der Waals surface area contributed by atoms with Gasteiger partial charge in [0.15, 0.2) is 0 Å². The highest BCUT2D eigenvalue weighted by molar-refractivity contribution is 7.99. The van der Waals surface area contributed by atoms with E-state index in [2.05, 4.69) is 30.4 Å². The average Bonchev–Trinajstić information content (AvgIpc) is 2.65. The molecule has 1 atom stereocenters. The Labute approximate surface area is 174 Å². The molecule has 0 saturated heterocycles. The number of esters is 1. The summed E-state index contributed by atoms with van der Waals surface area (Å²) in [6, 6.07) is 13.5. The number of hydrogen-bond acceptors (Lipinski definition) is 4. The molecule has 2 aromatic carbocycles. The molecule has 0 aromatic heterocycles. The summed E-state index contributed by atoms with van der Waals surface area (Å²) in [5, 5.41) is 0. The van der Waals surface area contributed by atoms with Crippen molar-refractivity contribution in [2.75, 3.05) is 7.11 Å². The molecule has 2 aromatic rings. The van der Waals surface area contributed by atoms with Crippen LogP contribution in [0.4, 0.5) is 0 Å². The van der Waals surface area contributed by atoms with Crippen molar-refractivity contribution in [1.82, 2.24) is 0 Å². The van der Waals surface area contributed by atoms with Crippen LogP contribution < -0.4 is 0 Å². The fourth-order valence-corrected chi connectivity index (χ4v) is 3.87. The predicted octanol–water partition coefficient (Wildman–Crippen LogP) is 5.63. The monoisotopic (exact) mass is 417 g/mol. The lowest BCUT2D eigenvalue weighted by Gasteiger charge is -2.14. The fourth-order valence-electron chi connectivity index (χ4n) is 2.34. The Balaban J connectivity index is 2.46. The first kappa shape index (κ1) is 22.4. The maximum atomic E-state index is 12.4. The van der Waals surface area contributed by atoms with E-state index in [1.807, 2.05) is 45.0 Å². The van der Waals surface area contributed by atoms with E-state index in [4.69, 9.17) is 4.74 Å².